The van der Waals surface area contributed by atoms with Gasteiger partial charge >= 0.3 is 0 Å². The summed E-state index contributed by atoms with van der Waals surface area (Å²) in [5.74, 6) is 1.13. The molecule has 3 heterocycles. The average Bonchev–Trinajstić information content (AvgIpc) is 3.12. The van der Waals surface area contributed by atoms with E-state index in [1.54, 1.807) is 16.2 Å². The van der Waals surface area contributed by atoms with Gasteiger partial charge in [0.15, 0.2) is 0 Å². The number of nitrogens with zero attached hydrogens (tertiary/aromatic N) is 5. The van der Waals surface area contributed by atoms with Crippen molar-refractivity contribution in [2.75, 3.05) is 31.1 Å². The van der Waals surface area contributed by atoms with Crippen LogP contribution in [0.1, 0.15) is 11.3 Å². The van der Waals surface area contributed by atoms with Gasteiger partial charge in [-0.15, -0.1) is 0 Å². The molecule has 1 saturated heterocycles. The van der Waals surface area contributed by atoms with Crippen molar-refractivity contribution in [2.24, 2.45) is 7.05 Å². The maximum Gasteiger partial charge on any atom is 0.150 e. The van der Waals surface area contributed by atoms with Gasteiger partial charge in [0.1, 0.15) is 11.0 Å². The molecular weight excluding hydrogens is 342 g/mol. The largest absolute Gasteiger partial charge is 0.353 e. The highest BCUT2D eigenvalue weighted by atomic mass is 35.5. The summed E-state index contributed by atoms with van der Waals surface area (Å²) in [5.41, 5.74) is 2.17. The molecule has 1 aliphatic rings. The lowest BCUT2D eigenvalue weighted by molar-refractivity contribution is 0.249. The third-order valence-corrected chi connectivity index (χ3v) is 5.97. The third-order valence-electron chi connectivity index (χ3n) is 4.68. The SMILES string of the molecule is Cc1nn(C)c(Cl)c1CN1CCN(c2nsc3ccccc23)CC1. The zero-order valence-corrected chi connectivity index (χ0v) is 15.4. The quantitative estimate of drug-likeness (QED) is 0.717. The van der Waals surface area contributed by atoms with Gasteiger partial charge in [-0.05, 0) is 30.6 Å². The molecule has 126 valence electrons. The number of halogens is 1. The van der Waals surface area contributed by atoms with E-state index in [2.05, 4.69) is 43.5 Å². The van der Waals surface area contributed by atoms with Gasteiger partial charge in [-0.2, -0.15) is 9.47 Å². The number of rotatable bonds is 3. The van der Waals surface area contributed by atoms with E-state index in [0.29, 0.717) is 0 Å². The van der Waals surface area contributed by atoms with E-state index in [1.165, 1.54) is 10.1 Å². The smallest absolute Gasteiger partial charge is 0.150 e. The van der Waals surface area contributed by atoms with E-state index < -0.39 is 0 Å². The van der Waals surface area contributed by atoms with E-state index in [-0.39, 0.29) is 0 Å². The predicted octanol–water partition coefficient (Wildman–Crippen LogP) is 3.31. The molecule has 0 radical (unpaired) electrons. The fourth-order valence-electron chi connectivity index (χ4n) is 3.30. The second-order valence-electron chi connectivity index (χ2n) is 6.24. The number of aryl methyl sites for hydroxylation is 2. The van der Waals surface area contributed by atoms with Crippen molar-refractivity contribution in [3.8, 4) is 0 Å². The first-order valence-corrected chi connectivity index (χ1v) is 9.28. The van der Waals surface area contributed by atoms with Crippen LogP contribution in [-0.4, -0.2) is 45.2 Å². The number of aromatic nitrogens is 3. The van der Waals surface area contributed by atoms with E-state index in [1.807, 2.05) is 14.0 Å². The first-order chi connectivity index (χ1) is 11.6. The third kappa shape index (κ3) is 2.79. The molecule has 0 spiro atoms. The van der Waals surface area contributed by atoms with Crippen LogP contribution in [0.15, 0.2) is 24.3 Å². The van der Waals surface area contributed by atoms with Gasteiger partial charge in [0.25, 0.3) is 0 Å². The van der Waals surface area contributed by atoms with Gasteiger partial charge in [0.05, 0.1) is 10.4 Å². The van der Waals surface area contributed by atoms with Crippen LogP contribution in [0.3, 0.4) is 0 Å². The highest BCUT2D eigenvalue weighted by Crippen LogP contribution is 2.30. The summed E-state index contributed by atoms with van der Waals surface area (Å²) in [4.78, 5) is 4.84. The van der Waals surface area contributed by atoms with E-state index >= 15 is 0 Å². The van der Waals surface area contributed by atoms with Crippen LogP contribution in [0.5, 0.6) is 0 Å². The van der Waals surface area contributed by atoms with Crippen LogP contribution in [0.25, 0.3) is 10.1 Å². The molecule has 0 bridgehead atoms. The van der Waals surface area contributed by atoms with Crippen LogP contribution >= 0.6 is 23.1 Å². The summed E-state index contributed by atoms with van der Waals surface area (Å²) >= 11 is 7.95. The molecule has 1 fully saturated rings. The fraction of sp³-hybridized carbons (Fsp3) is 0.412. The fourth-order valence-corrected chi connectivity index (χ4v) is 4.33. The minimum absolute atomic E-state index is 0.750. The summed E-state index contributed by atoms with van der Waals surface area (Å²) in [6, 6.07) is 8.46. The van der Waals surface area contributed by atoms with Crippen LogP contribution in [0.4, 0.5) is 5.82 Å². The first-order valence-electron chi connectivity index (χ1n) is 8.13. The van der Waals surface area contributed by atoms with Gasteiger partial charge in [-0.25, -0.2) is 0 Å². The molecule has 24 heavy (non-hydrogen) atoms. The molecule has 0 aliphatic carbocycles. The first kappa shape index (κ1) is 15.9. The maximum atomic E-state index is 6.36. The Bertz CT molecular complexity index is 863. The number of anilines is 1. The Morgan fingerprint density at radius 3 is 2.62 bits per heavy atom. The van der Waals surface area contributed by atoms with Gasteiger partial charge in [-0.1, -0.05) is 23.7 Å². The van der Waals surface area contributed by atoms with Crippen molar-refractivity contribution < 1.29 is 0 Å². The minimum Gasteiger partial charge on any atom is -0.353 e. The Kier molecular flexibility index (Phi) is 4.20. The van der Waals surface area contributed by atoms with Crippen LogP contribution < -0.4 is 4.90 Å². The van der Waals surface area contributed by atoms with Gasteiger partial charge in [0.2, 0.25) is 0 Å². The Morgan fingerprint density at radius 1 is 1.17 bits per heavy atom. The monoisotopic (exact) mass is 361 g/mol. The molecule has 2 aromatic heterocycles. The van der Waals surface area contributed by atoms with Crippen LogP contribution in [0.2, 0.25) is 5.15 Å². The standard InChI is InChI=1S/C17H20ClN5S/c1-12-14(16(18)21(2)19-12)11-22-7-9-23(10-8-22)17-13-5-3-4-6-15(13)24-20-17/h3-6H,7-11H2,1-2H3. The summed E-state index contributed by atoms with van der Waals surface area (Å²) in [5, 5.41) is 6.42. The highest BCUT2D eigenvalue weighted by Gasteiger charge is 2.22. The summed E-state index contributed by atoms with van der Waals surface area (Å²) in [6.07, 6.45) is 0. The van der Waals surface area contributed by atoms with Crippen LogP contribution in [-0.2, 0) is 13.6 Å². The van der Waals surface area contributed by atoms with Gasteiger partial charge < -0.3 is 4.90 Å². The molecule has 0 N–H and O–H groups in total. The van der Waals surface area contributed by atoms with Crippen LogP contribution in [0, 0.1) is 6.92 Å². The van der Waals surface area contributed by atoms with E-state index in [0.717, 1.165) is 55.0 Å². The molecule has 0 saturated carbocycles. The number of hydrogen-bond donors (Lipinski definition) is 0. The Hall–Kier alpha value is -1.63. The molecule has 0 amide bonds. The minimum atomic E-state index is 0.750. The lowest BCUT2D eigenvalue weighted by Gasteiger charge is -2.35. The maximum absolute atomic E-state index is 6.36. The Labute approximate surface area is 150 Å². The molecule has 0 unspecified atom stereocenters. The van der Waals surface area contributed by atoms with Gasteiger partial charge in [-0.3, -0.25) is 9.58 Å². The summed E-state index contributed by atoms with van der Waals surface area (Å²) < 4.78 is 7.69. The second-order valence-corrected chi connectivity index (χ2v) is 7.41. The molecular formula is C17H20ClN5S. The predicted molar refractivity (Wildman–Crippen MR) is 100 cm³/mol. The molecule has 1 aliphatic heterocycles. The van der Waals surface area contributed by atoms with Crippen molar-refractivity contribution >= 4 is 39.0 Å². The van der Waals surface area contributed by atoms with Crippen molar-refractivity contribution in [1.82, 2.24) is 19.1 Å². The zero-order valence-electron chi connectivity index (χ0n) is 13.9. The lowest BCUT2D eigenvalue weighted by atomic mass is 10.2. The lowest BCUT2D eigenvalue weighted by Crippen LogP contribution is -2.46. The van der Waals surface area contributed by atoms with E-state index in [4.69, 9.17) is 11.6 Å². The Morgan fingerprint density at radius 2 is 1.92 bits per heavy atom. The molecule has 5 nitrogen and oxygen atoms in total. The number of fused-ring (bicyclic) bond motifs is 1. The molecule has 7 heteroatoms. The summed E-state index contributed by atoms with van der Waals surface area (Å²) in [6.45, 7) is 6.89. The highest BCUT2D eigenvalue weighted by molar-refractivity contribution is 7.13. The van der Waals surface area contributed by atoms with Crippen molar-refractivity contribution in [2.45, 2.75) is 13.5 Å². The zero-order chi connectivity index (χ0) is 16.7. The van der Waals surface area contributed by atoms with Crippen molar-refractivity contribution in [1.29, 1.82) is 0 Å². The second kappa shape index (κ2) is 6.35. The topological polar surface area (TPSA) is 37.2 Å². The Balaban J connectivity index is 1.45. The average molecular weight is 362 g/mol. The number of hydrogen-bond acceptors (Lipinski definition) is 5. The van der Waals surface area contributed by atoms with Crippen molar-refractivity contribution in [3.63, 3.8) is 0 Å². The molecule has 3 aromatic rings. The molecule has 0 atom stereocenters. The number of benzene rings is 1. The summed E-state index contributed by atoms with van der Waals surface area (Å²) in [7, 11) is 1.89. The normalized spacial score (nSPS) is 16.2. The van der Waals surface area contributed by atoms with E-state index in [9.17, 15) is 0 Å². The number of piperazine rings is 1. The van der Waals surface area contributed by atoms with Gasteiger partial charge in [0, 0.05) is 50.7 Å². The van der Waals surface area contributed by atoms with Crippen molar-refractivity contribution in [3.05, 3.63) is 40.7 Å². The molecule has 4 rings (SSSR count). The molecule has 1 aromatic carbocycles.